The van der Waals surface area contributed by atoms with Crippen molar-refractivity contribution in [2.45, 2.75) is 54.9 Å². The van der Waals surface area contributed by atoms with Crippen molar-refractivity contribution in [3.05, 3.63) is 42.5 Å². The highest BCUT2D eigenvalue weighted by molar-refractivity contribution is 7.98. The average Bonchev–Trinajstić information content (AvgIpc) is 2.94. The summed E-state index contributed by atoms with van der Waals surface area (Å²) in [5.74, 6) is -5.61. The van der Waals surface area contributed by atoms with Gasteiger partial charge >= 0.3 is 11.9 Å². The lowest BCUT2D eigenvalue weighted by atomic mass is 10.1. The summed E-state index contributed by atoms with van der Waals surface area (Å²) in [5, 5.41) is 0. The molecule has 3 rings (SSSR count). The molecule has 1 aliphatic heterocycles. The van der Waals surface area contributed by atoms with Crippen molar-refractivity contribution in [1.82, 2.24) is 4.31 Å². The molecule has 1 atom stereocenters. The van der Waals surface area contributed by atoms with Crippen LogP contribution in [0.1, 0.15) is 33.1 Å². The lowest BCUT2D eigenvalue weighted by Gasteiger charge is -2.29. The minimum atomic E-state index is -3.98. The number of sulfonamides is 1. The van der Waals surface area contributed by atoms with Gasteiger partial charge in [-0.05, 0) is 37.8 Å². The van der Waals surface area contributed by atoms with Gasteiger partial charge in [0.05, 0.1) is 17.2 Å². The summed E-state index contributed by atoms with van der Waals surface area (Å²) >= 11 is 1.24. The number of para-hydroxylation sites is 1. The zero-order valence-corrected chi connectivity index (χ0v) is 22.5. The molecule has 0 aromatic heterocycles. The van der Waals surface area contributed by atoms with Crippen molar-refractivity contribution in [3.8, 4) is 5.75 Å². The third-order valence-corrected chi connectivity index (χ3v) is 8.74. The van der Waals surface area contributed by atoms with E-state index < -0.39 is 28.5 Å². The fraction of sp³-hybridized carbons (Fsp3) is 0.480. The largest absolute Gasteiger partial charge is 0.485 e. The lowest BCUT2D eigenvalue weighted by molar-refractivity contribution is -0.175. The number of nitrogens with zero attached hydrogens (tertiary/aromatic N) is 2. The van der Waals surface area contributed by atoms with Crippen LogP contribution in [0.5, 0.6) is 5.75 Å². The van der Waals surface area contributed by atoms with Gasteiger partial charge in [-0.15, -0.1) is 11.8 Å². The van der Waals surface area contributed by atoms with Crippen LogP contribution in [-0.4, -0.2) is 63.7 Å². The van der Waals surface area contributed by atoms with Crippen LogP contribution in [0.25, 0.3) is 0 Å². The Hall–Kier alpha value is -2.37. The van der Waals surface area contributed by atoms with Crippen LogP contribution in [0, 0.1) is 0 Å². The van der Waals surface area contributed by atoms with E-state index in [9.17, 15) is 22.0 Å². The number of carbonyl (C=O) groups is 1. The van der Waals surface area contributed by atoms with Crippen molar-refractivity contribution in [3.63, 3.8) is 0 Å². The number of hydrogen-bond acceptors (Lipinski definition) is 7. The maximum absolute atomic E-state index is 14.3. The number of likely N-dealkylation sites (N-methyl/N-ethyl adjacent to an activating group) is 1. The second kappa shape index (κ2) is 11.8. The van der Waals surface area contributed by atoms with Gasteiger partial charge in [0, 0.05) is 31.4 Å². The van der Waals surface area contributed by atoms with Gasteiger partial charge in [0.2, 0.25) is 10.0 Å². The minimum Gasteiger partial charge on any atom is -0.485 e. The van der Waals surface area contributed by atoms with Crippen LogP contribution in [0.15, 0.2) is 52.3 Å². The van der Waals surface area contributed by atoms with Crippen LogP contribution < -0.4 is 9.64 Å². The number of benzene rings is 2. The van der Waals surface area contributed by atoms with Gasteiger partial charge < -0.3 is 14.4 Å². The molecular weight excluding hydrogens is 510 g/mol. The maximum Gasteiger partial charge on any atom is 0.380 e. The Labute approximate surface area is 215 Å². The highest BCUT2D eigenvalue weighted by Crippen LogP contribution is 2.43. The van der Waals surface area contributed by atoms with Crippen molar-refractivity contribution < 1.29 is 31.5 Å². The number of rotatable bonds is 10. The summed E-state index contributed by atoms with van der Waals surface area (Å²) in [6, 6.07) is 12.1. The van der Waals surface area contributed by atoms with Crippen LogP contribution in [0.4, 0.5) is 20.2 Å². The number of esters is 1. The number of thioether (sulfide) groups is 1. The quantitative estimate of drug-likeness (QED) is 0.297. The summed E-state index contributed by atoms with van der Waals surface area (Å²) in [5.41, 5.74) is 1.27. The van der Waals surface area contributed by atoms with Crippen LogP contribution >= 0.6 is 11.8 Å². The Morgan fingerprint density at radius 2 is 1.89 bits per heavy atom. The van der Waals surface area contributed by atoms with E-state index in [1.807, 2.05) is 35.2 Å². The predicted molar refractivity (Wildman–Crippen MR) is 137 cm³/mol. The normalized spacial score (nSPS) is 17.8. The van der Waals surface area contributed by atoms with E-state index >= 15 is 0 Å². The number of carbonyl (C=O) groups excluding carboxylic acids is 1. The van der Waals surface area contributed by atoms with Crippen molar-refractivity contribution in [2.75, 3.05) is 38.0 Å². The molecule has 1 heterocycles. The van der Waals surface area contributed by atoms with E-state index in [1.165, 1.54) is 29.1 Å². The molecule has 7 nitrogen and oxygen atoms in total. The van der Waals surface area contributed by atoms with Gasteiger partial charge in [0.1, 0.15) is 10.6 Å². The number of fused-ring (bicyclic) bond motifs is 1. The first-order valence-electron chi connectivity index (χ1n) is 11.8. The molecular formula is C25H32F2N2O5S2. The summed E-state index contributed by atoms with van der Waals surface area (Å²) in [7, 11) is -2.43. The minimum absolute atomic E-state index is 0.0396. The summed E-state index contributed by atoms with van der Waals surface area (Å²) < 4.78 is 67.1. The van der Waals surface area contributed by atoms with Gasteiger partial charge in [-0.3, -0.25) is 0 Å². The predicted octanol–water partition coefficient (Wildman–Crippen LogP) is 5.32. The van der Waals surface area contributed by atoms with E-state index in [1.54, 1.807) is 19.4 Å². The first-order valence-corrected chi connectivity index (χ1v) is 14.4. The molecule has 0 aliphatic carbocycles. The first-order chi connectivity index (χ1) is 17.1. The molecule has 198 valence electrons. The fourth-order valence-electron chi connectivity index (χ4n) is 4.03. The van der Waals surface area contributed by atoms with E-state index in [0.29, 0.717) is 23.5 Å². The average molecular weight is 543 g/mol. The van der Waals surface area contributed by atoms with Crippen molar-refractivity contribution >= 4 is 39.1 Å². The maximum atomic E-state index is 14.3. The Morgan fingerprint density at radius 1 is 1.19 bits per heavy atom. The molecule has 1 aliphatic rings. The second-order valence-electron chi connectivity index (χ2n) is 8.45. The summed E-state index contributed by atoms with van der Waals surface area (Å²) in [4.78, 5) is 14.0. The number of hydrogen-bond donors (Lipinski definition) is 0. The Balaban J connectivity index is 2.12. The van der Waals surface area contributed by atoms with E-state index in [2.05, 4.69) is 11.7 Å². The molecule has 0 saturated carbocycles. The Morgan fingerprint density at radius 3 is 2.50 bits per heavy atom. The zero-order valence-electron chi connectivity index (χ0n) is 20.9. The first kappa shape index (κ1) is 28.2. The molecule has 0 fully saturated rings. The molecule has 0 amide bonds. The molecule has 2 aromatic carbocycles. The van der Waals surface area contributed by atoms with Crippen molar-refractivity contribution in [2.24, 2.45) is 0 Å². The van der Waals surface area contributed by atoms with Gasteiger partial charge in [-0.1, -0.05) is 38.0 Å². The third kappa shape index (κ3) is 5.95. The smallest absolute Gasteiger partial charge is 0.380 e. The van der Waals surface area contributed by atoms with Gasteiger partial charge in [-0.2, -0.15) is 13.1 Å². The summed E-state index contributed by atoms with van der Waals surface area (Å²) in [6.07, 6.45) is 4.20. The van der Waals surface area contributed by atoms with Gasteiger partial charge in [0.25, 0.3) is 0 Å². The van der Waals surface area contributed by atoms with Crippen molar-refractivity contribution in [1.29, 1.82) is 0 Å². The van der Waals surface area contributed by atoms with Gasteiger partial charge in [-0.25, -0.2) is 13.2 Å². The van der Waals surface area contributed by atoms with E-state index in [-0.39, 0.29) is 23.3 Å². The van der Waals surface area contributed by atoms with Crippen LogP contribution in [-0.2, 0) is 19.6 Å². The molecule has 1 unspecified atom stereocenters. The topological polar surface area (TPSA) is 76.1 Å². The highest BCUT2D eigenvalue weighted by Gasteiger charge is 2.42. The molecule has 11 heteroatoms. The second-order valence-corrected chi connectivity index (χ2v) is 11.3. The Kier molecular flexibility index (Phi) is 9.23. The van der Waals surface area contributed by atoms with Crippen LogP contribution in [0.2, 0.25) is 0 Å². The van der Waals surface area contributed by atoms with E-state index in [4.69, 9.17) is 4.74 Å². The molecule has 0 bridgehead atoms. The number of alkyl halides is 2. The number of ether oxygens (including phenoxy) is 2. The van der Waals surface area contributed by atoms with Crippen LogP contribution in [0.3, 0.4) is 0 Å². The van der Waals surface area contributed by atoms with Gasteiger partial charge in [0.15, 0.2) is 6.61 Å². The Bertz CT molecular complexity index is 1160. The number of halogens is 2. The standard InChI is InChI=1S/C25H32F2N2O5S2/c1-5-7-11-19-16-29(18-12-9-8-10-13-18)20-14-22(35-4)21(15-23(20)36(31,32)28(19)3)34-17-25(26,27)24(30)33-6-2/h8-10,12-15,19H,5-7,11,16-17H2,1-4H3. The number of anilines is 2. The molecule has 0 N–H and O–H groups in total. The molecule has 2 aromatic rings. The molecule has 36 heavy (non-hydrogen) atoms. The monoisotopic (exact) mass is 542 g/mol. The molecule has 0 radical (unpaired) electrons. The third-order valence-electron chi connectivity index (χ3n) is 6.04. The highest BCUT2D eigenvalue weighted by atomic mass is 32.2. The zero-order chi connectivity index (χ0) is 26.5. The van der Waals surface area contributed by atoms with E-state index in [0.717, 1.165) is 18.5 Å². The number of unbranched alkanes of at least 4 members (excludes halogenated alkanes) is 1. The lowest BCUT2D eigenvalue weighted by Crippen LogP contribution is -2.40. The molecule has 0 saturated heterocycles. The fourth-order valence-corrected chi connectivity index (χ4v) is 6.14. The molecule has 0 spiro atoms. The SMILES string of the molecule is CCCCC1CN(c2ccccc2)c2cc(SC)c(OCC(F)(F)C(=O)OCC)cc2S(=O)(=O)N1C. The summed E-state index contributed by atoms with van der Waals surface area (Å²) in [6.45, 7) is 2.45.